The second-order valence-corrected chi connectivity index (χ2v) is 7.49. The van der Waals surface area contributed by atoms with Gasteiger partial charge in [0.05, 0.1) is 0 Å². The molecule has 0 bridgehead atoms. The zero-order valence-electron chi connectivity index (χ0n) is 14.7. The molecule has 4 aromatic rings. The predicted molar refractivity (Wildman–Crippen MR) is 116 cm³/mol. The van der Waals surface area contributed by atoms with Crippen LogP contribution in [-0.4, -0.2) is 19.5 Å². The topological polar surface area (TPSA) is 82.2 Å². The molecule has 146 valence electrons. The molecule has 2 N–H and O–H groups in total. The molecule has 0 aliphatic heterocycles. The van der Waals surface area contributed by atoms with Crippen LogP contribution in [0.3, 0.4) is 0 Å². The summed E-state index contributed by atoms with van der Waals surface area (Å²) in [7, 11) is 0. The van der Waals surface area contributed by atoms with Crippen LogP contribution in [-0.2, 0) is 6.42 Å². The van der Waals surface area contributed by atoms with Crippen molar-refractivity contribution in [3.63, 3.8) is 0 Å². The van der Waals surface area contributed by atoms with E-state index < -0.39 is 0 Å². The predicted octanol–water partition coefficient (Wildman–Crippen LogP) is 4.99. The maximum absolute atomic E-state index is 6.20. The van der Waals surface area contributed by atoms with E-state index in [9.17, 15) is 0 Å². The number of nitrogens with two attached hydrogens (primary N) is 1. The summed E-state index contributed by atoms with van der Waals surface area (Å²) in [6.45, 7) is 0. The highest BCUT2D eigenvalue weighted by Crippen LogP contribution is 2.31. The third kappa shape index (κ3) is 3.67. The Hall–Kier alpha value is -1.93. The van der Waals surface area contributed by atoms with E-state index in [0.29, 0.717) is 17.4 Å². The molecule has 0 amide bonds. The van der Waals surface area contributed by atoms with Crippen molar-refractivity contribution in [2.24, 2.45) is 5.73 Å². The van der Waals surface area contributed by atoms with Gasteiger partial charge in [-0.15, -0.1) is 24.8 Å². The van der Waals surface area contributed by atoms with E-state index in [1.807, 2.05) is 35.0 Å². The van der Waals surface area contributed by atoms with Gasteiger partial charge in [-0.1, -0.05) is 27.2 Å². The minimum atomic E-state index is 0. The summed E-state index contributed by atoms with van der Waals surface area (Å²) in [5, 5.41) is 4.11. The Labute approximate surface area is 182 Å². The van der Waals surface area contributed by atoms with Crippen molar-refractivity contribution >= 4 is 46.4 Å². The molecule has 9 heteroatoms. The molecule has 1 unspecified atom stereocenters. The maximum atomic E-state index is 6.20. The minimum Gasteiger partial charge on any atom is -0.334 e. The zero-order chi connectivity index (χ0) is 17.7. The molecule has 28 heavy (non-hydrogen) atoms. The highest BCUT2D eigenvalue weighted by atomic mass is 79.9. The van der Waals surface area contributed by atoms with Crippen molar-refractivity contribution in [1.82, 2.24) is 19.5 Å². The summed E-state index contributed by atoms with van der Waals surface area (Å²) in [4.78, 5) is 9.10. The van der Waals surface area contributed by atoms with Crippen LogP contribution in [0.25, 0.3) is 28.6 Å². The molecule has 1 aliphatic rings. The van der Waals surface area contributed by atoms with Gasteiger partial charge in [-0.2, -0.15) is 4.98 Å². The number of rotatable bonds is 2. The zero-order valence-corrected chi connectivity index (χ0v) is 17.9. The van der Waals surface area contributed by atoms with Gasteiger partial charge in [0.25, 0.3) is 5.89 Å². The number of aromatic nitrogens is 4. The van der Waals surface area contributed by atoms with Gasteiger partial charge in [0.15, 0.2) is 0 Å². The number of hydrogen-bond acceptors (Lipinski definition) is 5. The molecule has 3 aromatic heterocycles. The molecule has 1 aromatic carbocycles. The first kappa shape index (κ1) is 20.8. The van der Waals surface area contributed by atoms with Gasteiger partial charge in [0.2, 0.25) is 5.82 Å². The number of pyridine rings is 1. The molecule has 1 aliphatic carbocycles. The average molecular weight is 483 g/mol. The Morgan fingerprint density at radius 1 is 1.14 bits per heavy atom. The summed E-state index contributed by atoms with van der Waals surface area (Å²) < 4.78 is 8.39. The summed E-state index contributed by atoms with van der Waals surface area (Å²) in [5.41, 5.74) is 11.1. The summed E-state index contributed by atoms with van der Waals surface area (Å²) in [6, 6.07) is 10.2. The highest BCUT2D eigenvalue weighted by molar-refractivity contribution is 9.10. The Balaban J connectivity index is 0.00000112. The van der Waals surface area contributed by atoms with Crippen molar-refractivity contribution in [1.29, 1.82) is 0 Å². The van der Waals surface area contributed by atoms with Crippen LogP contribution in [0.4, 0.5) is 0 Å². The van der Waals surface area contributed by atoms with Crippen LogP contribution in [0.2, 0.25) is 0 Å². The fourth-order valence-electron chi connectivity index (χ4n) is 3.49. The lowest BCUT2D eigenvalue weighted by Crippen LogP contribution is -2.17. The lowest BCUT2D eigenvalue weighted by atomic mass is 9.87. The third-order valence-corrected chi connectivity index (χ3v) is 5.32. The molecule has 0 saturated carbocycles. The average Bonchev–Trinajstić information content (AvgIpc) is 3.28. The number of hydrogen-bond donors (Lipinski definition) is 1. The van der Waals surface area contributed by atoms with Gasteiger partial charge in [0.1, 0.15) is 11.3 Å². The molecule has 0 radical (unpaired) electrons. The fourth-order valence-corrected chi connectivity index (χ4v) is 3.82. The van der Waals surface area contributed by atoms with E-state index >= 15 is 0 Å². The quantitative estimate of drug-likeness (QED) is 0.435. The van der Waals surface area contributed by atoms with E-state index in [-0.39, 0.29) is 30.9 Å². The van der Waals surface area contributed by atoms with Gasteiger partial charge in [-0.25, -0.2) is 4.98 Å². The standard InChI is InChI=1S/C19H16BrN5O.2ClH/c20-13-6-7-25-10-16(22-17(25)9-13)18-23-19(26-24-18)12-4-5-14-11(8-12)2-1-3-15(14)21;;/h4-10,15H,1-3,21H2;2*1H. The van der Waals surface area contributed by atoms with E-state index in [0.717, 1.165) is 34.9 Å². The van der Waals surface area contributed by atoms with Crippen LogP contribution in [0.1, 0.15) is 30.0 Å². The molecule has 0 spiro atoms. The molecular weight excluding hydrogens is 465 g/mol. The second kappa shape index (κ2) is 8.21. The van der Waals surface area contributed by atoms with Crippen LogP contribution in [0.15, 0.2) is 51.7 Å². The van der Waals surface area contributed by atoms with E-state index in [4.69, 9.17) is 10.3 Å². The fraction of sp³-hybridized carbons (Fsp3) is 0.211. The number of benzene rings is 1. The van der Waals surface area contributed by atoms with Gasteiger partial charge in [-0.3, -0.25) is 0 Å². The molecular formula is C19H18BrCl2N5O. The minimum absolute atomic E-state index is 0. The molecule has 3 heterocycles. The Morgan fingerprint density at radius 3 is 2.86 bits per heavy atom. The number of aryl methyl sites for hydroxylation is 1. The maximum Gasteiger partial charge on any atom is 0.258 e. The lowest BCUT2D eigenvalue weighted by Gasteiger charge is -2.22. The van der Waals surface area contributed by atoms with Gasteiger partial charge < -0.3 is 14.7 Å². The number of nitrogens with zero attached hydrogens (tertiary/aromatic N) is 4. The van der Waals surface area contributed by atoms with Crippen molar-refractivity contribution < 1.29 is 4.52 Å². The Morgan fingerprint density at radius 2 is 2.00 bits per heavy atom. The van der Waals surface area contributed by atoms with Crippen molar-refractivity contribution in [3.05, 3.63) is 58.3 Å². The normalized spacial score (nSPS) is 15.6. The van der Waals surface area contributed by atoms with E-state index in [1.54, 1.807) is 0 Å². The van der Waals surface area contributed by atoms with Crippen LogP contribution in [0.5, 0.6) is 0 Å². The van der Waals surface area contributed by atoms with E-state index in [2.05, 4.69) is 43.2 Å². The van der Waals surface area contributed by atoms with Crippen molar-refractivity contribution in [2.45, 2.75) is 25.3 Å². The molecule has 0 saturated heterocycles. The SMILES string of the molecule is Cl.Cl.NC1CCCc2cc(-c3nc(-c4cn5ccc(Br)cc5n4)no3)ccc21. The van der Waals surface area contributed by atoms with E-state index in [1.165, 1.54) is 11.1 Å². The molecule has 1 atom stereocenters. The first-order chi connectivity index (χ1) is 12.7. The van der Waals surface area contributed by atoms with Crippen molar-refractivity contribution in [2.75, 3.05) is 0 Å². The smallest absolute Gasteiger partial charge is 0.258 e. The van der Waals surface area contributed by atoms with Gasteiger partial charge >= 0.3 is 0 Å². The van der Waals surface area contributed by atoms with Crippen LogP contribution < -0.4 is 5.73 Å². The first-order valence-corrected chi connectivity index (χ1v) is 9.34. The third-order valence-electron chi connectivity index (χ3n) is 4.83. The van der Waals surface area contributed by atoms with Gasteiger partial charge in [0, 0.05) is 28.5 Å². The number of halogens is 3. The highest BCUT2D eigenvalue weighted by Gasteiger charge is 2.19. The molecule has 6 nitrogen and oxygen atoms in total. The lowest BCUT2D eigenvalue weighted by molar-refractivity contribution is 0.432. The van der Waals surface area contributed by atoms with Gasteiger partial charge in [-0.05, 0) is 54.7 Å². The Kier molecular flexibility index (Phi) is 6.09. The first-order valence-electron chi connectivity index (χ1n) is 8.54. The summed E-state index contributed by atoms with van der Waals surface area (Å²) in [6.07, 6.45) is 7.02. The summed E-state index contributed by atoms with van der Waals surface area (Å²) in [5.74, 6) is 0.981. The van der Waals surface area contributed by atoms with Crippen LogP contribution in [0, 0.1) is 0 Å². The summed E-state index contributed by atoms with van der Waals surface area (Å²) >= 11 is 3.45. The van der Waals surface area contributed by atoms with Crippen molar-refractivity contribution in [3.8, 4) is 23.0 Å². The number of fused-ring (bicyclic) bond motifs is 2. The number of imidazole rings is 1. The molecule has 5 rings (SSSR count). The largest absolute Gasteiger partial charge is 0.334 e. The second-order valence-electron chi connectivity index (χ2n) is 6.57. The van der Waals surface area contributed by atoms with Crippen LogP contribution >= 0.6 is 40.7 Å². The molecule has 0 fully saturated rings. The monoisotopic (exact) mass is 481 g/mol. The Bertz CT molecular complexity index is 1130.